The number of nitrogens with zero attached hydrogens (tertiary/aromatic N) is 1. The molecule has 27 heavy (non-hydrogen) atoms. The Balaban J connectivity index is 0.00000210. The minimum atomic E-state index is 0. The third kappa shape index (κ3) is 2.85. The van der Waals surface area contributed by atoms with Crippen LogP contribution in [0.3, 0.4) is 0 Å². The van der Waals surface area contributed by atoms with Gasteiger partial charge in [0.1, 0.15) is 0 Å². The van der Waals surface area contributed by atoms with Gasteiger partial charge < -0.3 is 4.98 Å². The van der Waals surface area contributed by atoms with Crippen LogP contribution in [-0.4, -0.2) is 4.98 Å². The zero-order chi connectivity index (χ0) is 18.9. The van der Waals surface area contributed by atoms with E-state index in [0.717, 1.165) is 15.7 Å². The molecule has 0 aliphatic heterocycles. The van der Waals surface area contributed by atoms with Crippen LogP contribution in [-0.2, 0) is 30.9 Å². The molecule has 2 aromatic carbocycles. The summed E-state index contributed by atoms with van der Waals surface area (Å²) in [6, 6.07) is 16.2. The Morgan fingerprint density at radius 2 is 1.44 bits per heavy atom. The second kappa shape index (κ2) is 6.51. The number of hydrogen-bond acceptors (Lipinski definition) is 1. The number of benzene rings is 2. The Morgan fingerprint density at radius 3 is 2.04 bits per heavy atom. The summed E-state index contributed by atoms with van der Waals surface area (Å²) in [5, 5.41) is 2.47. The van der Waals surface area contributed by atoms with Crippen LogP contribution in [0.5, 0.6) is 0 Å². The van der Waals surface area contributed by atoms with Gasteiger partial charge in [0.15, 0.2) is 0 Å². The Hall–Kier alpha value is -1.02. The van der Waals surface area contributed by atoms with Crippen LogP contribution in [0, 0.1) is 11.5 Å². The van der Waals surface area contributed by atoms with E-state index >= 15 is 0 Å². The largest absolute Gasteiger partial charge is 0.304 e. The molecule has 0 fully saturated rings. The molecule has 1 nitrogen and oxygen atoms in total. The van der Waals surface area contributed by atoms with Gasteiger partial charge in [0.05, 0.1) is 0 Å². The normalized spacial score (nSPS) is 18.8. The van der Waals surface area contributed by atoms with Crippen LogP contribution in [0.2, 0.25) is 0 Å². The summed E-state index contributed by atoms with van der Waals surface area (Å²) in [5.41, 5.74) is 5.32. The first-order valence-corrected chi connectivity index (χ1v) is 9.97. The summed E-state index contributed by atoms with van der Waals surface area (Å²) < 4.78 is 1.05. The van der Waals surface area contributed by atoms with Crippen molar-refractivity contribution >= 4 is 26.7 Å². The van der Waals surface area contributed by atoms with E-state index in [1.807, 2.05) is 18.3 Å². The molecule has 1 aromatic heterocycles. The van der Waals surface area contributed by atoms with Gasteiger partial charge in [-0.3, -0.25) is 0 Å². The van der Waals surface area contributed by atoms with Crippen LogP contribution >= 0.6 is 15.9 Å². The third-order valence-corrected chi connectivity index (χ3v) is 7.86. The smallest absolute Gasteiger partial charge is 0.0239 e. The van der Waals surface area contributed by atoms with Crippen molar-refractivity contribution in [3.8, 4) is 11.3 Å². The third-order valence-electron chi connectivity index (χ3n) is 7.37. The number of hydrogen-bond donors (Lipinski definition) is 0. The van der Waals surface area contributed by atoms with Gasteiger partial charge in [-0.15, -0.1) is 29.8 Å². The first-order valence-electron chi connectivity index (χ1n) is 9.18. The first-order chi connectivity index (χ1) is 12.1. The van der Waals surface area contributed by atoms with Gasteiger partial charge in [-0.1, -0.05) is 74.1 Å². The standard InChI is InChI=1S/C24H25BrN.Ir/c1-22(2)19-11-16-13-21(15-8-7-9-18(25)10-15)26-14-17(16)12-20(19)23(3,4)24(22,5)6;/h7,9-14H,1-6H3;/q-1;. The minimum Gasteiger partial charge on any atom is -0.304 e. The van der Waals surface area contributed by atoms with Crippen molar-refractivity contribution in [3.63, 3.8) is 0 Å². The second-order valence-electron chi connectivity index (χ2n) is 9.11. The second-order valence-corrected chi connectivity index (χ2v) is 10.0. The van der Waals surface area contributed by atoms with Crippen LogP contribution in [0.4, 0.5) is 0 Å². The Morgan fingerprint density at radius 1 is 0.852 bits per heavy atom. The fraction of sp³-hybridized carbons (Fsp3) is 0.375. The molecule has 0 saturated carbocycles. The fourth-order valence-corrected chi connectivity index (χ4v) is 4.78. The Bertz CT molecular complexity index is 1030. The number of halogens is 1. The number of rotatable bonds is 1. The topological polar surface area (TPSA) is 12.9 Å². The summed E-state index contributed by atoms with van der Waals surface area (Å²) >= 11 is 3.54. The van der Waals surface area contributed by atoms with E-state index in [1.54, 1.807) is 0 Å². The van der Waals surface area contributed by atoms with Gasteiger partial charge in [0.2, 0.25) is 0 Å². The van der Waals surface area contributed by atoms with Crippen LogP contribution in [0.15, 0.2) is 47.1 Å². The van der Waals surface area contributed by atoms with Gasteiger partial charge >= 0.3 is 0 Å². The zero-order valence-electron chi connectivity index (χ0n) is 16.7. The summed E-state index contributed by atoms with van der Waals surface area (Å²) in [7, 11) is 0. The molecule has 4 rings (SSSR count). The van der Waals surface area contributed by atoms with Gasteiger partial charge in [-0.2, -0.15) is 0 Å². The van der Waals surface area contributed by atoms with E-state index in [4.69, 9.17) is 4.98 Å². The summed E-state index contributed by atoms with van der Waals surface area (Å²) in [5.74, 6) is 0. The average molecular weight is 600 g/mol. The average Bonchev–Trinajstić information content (AvgIpc) is 2.68. The van der Waals surface area contributed by atoms with Crippen molar-refractivity contribution < 1.29 is 20.1 Å². The van der Waals surface area contributed by atoms with E-state index in [0.29, 0.717) is 0 Å². The Labute approximate surface area is 184 Å². The van der Waals surface area contributed by atoms with Gasteiger partial charge in [0.25, 0.3) is 0 Å². The predicted molar refractivity (Wildman–Crippen MR) is 114 cm³/mol. The number of pyridine rings is 1. The summed E-state index contributed by atoms with van der Waals surface area (Å²) in [6.45, 7) is 14.3. The molecule has 0 saturated heterocycles. The predicted octanol–water partition coefficient (Wildman–Crippen LogP) is 7.06. The van der Waals surface area contributed by atoms with E-state index < -0.39 is 0 Å². The maximum absolute atomic E-state index is 4.71. The Kier molecular flexibility index (Phi) is 4.99. The van der Waals surface area contributed by atoms with Crippen molar-refractivity contribution in [1.29, 1.82) is 0 Å². The van der Waals surface area contributed by atoms with Crippen LogP contribution in [0.1, 0.15) is 52.7 Å². The van der Waals surface area contributed by atoms with E-state index in [1.165, 1.54) is 21.9 Å². The maximum atomic E-state index is 4.71. The SMILES string of the molecule is CC1(C)c2cc3cnc(-c4[c-]ccc(Br)c4)cc3cc2C(C)(C)C1(C)C.[Ir]. The fourth-order valence-electron chi connectivity index (χ4n) is 4.42. The molecule has 1 heterocycles. The molecule has 1 radical (unpaired) electrons. The van der Waals surface area contributed by atoms with Crippen LogP contribution < -0.4 is 0 Å². The van der Waals surface area contributed by atoms with Crippen molar-refractivity contribution in [1.82, 2.24) is 4.98 Å². The minimum absolute atomic E-state index is 0. The molecule has 0 atom stereocenters. The molecule has 0 N–H and O–H groups in total. The van der Waals surface area contributed by atoms with Crippen LogP contribution in [0.25, 0.3) is 22.0 Å². The summed E-state index contributed by atoms with van der Waals surface area (Å²) in [4.78, 5) is 4.71. The van der Waals surface area contributed by atoms with Crippen molar-refractivity contribution in [2.24, 2.45) is 5.41 Å². The molecule has 0 bridgehead atoms. The van der Waals surface area contributed by atoms with Crippen molar-refractivity contribution in [3.05, 3.63) is 64.3 Å². The maximum Gasteiger partial charge on any atom is 0.0239 e. The van der Waals surface area contributed by atoms with Gasteiger partial charge in [0, 0.05) is 26.3 Å². The molecule has 143 valence electrons. The molecular weight excluding hydrogens is 574 g/mol. The van der Waals surface area contributed by atoms with Crippen molar-refractivity contribution in [2.75, 3.05) is 0 Å². The molecule has 3 heteroatoms. The summed E-state index contributed by atoms with van der Waals surface area (Å²) in [6.07, 6.45) is 2.01. The molecule has 0 spiro atoms. The molecule has 1 aliphatic carbocycles. The van der Waals surface area contributed by atoms with Gasteiger partial charge in [-0.05, 0) is 49.9 Å². The molecule has 0 unspecified atom stereocenters. The molecular formula is C24H25BrIrN-. The number of aromatic nitrogens is 1. The van der Waals surface area contributed by atoms with E-state index in [2.05, 4.69) is 87.8 Å². The zero-order valence-corrected chi connectivity index (χ0v) is 20.7. The molecule has 0 amide bonds. The molecule has 1 aliphatic rings. The number of fused-ring (bicyclic) bond motifs is 2. The van der Waals surface area contributed by atoms with Gasteiger partial charge in [-0.25, -0.2) is 0 Å². The first kappa shape index (κ1) is 20.7. The monoisotopic (exact) mass is 599 g/mol. The van der Waals surface area contributed by atoms with E-state index in [9.17, 15) is 0 Å². The van der Waals surface area contributed by atoms with Crippen molar-refractivity contribution in [2.45, 2.75) is 52.4 Å². The molecule has 3 aromatic rings. The quantitative estimate of drug-likeness (QED) is 0.273. The van der Waals surface area contributed by atoms with E-state index in [-0.39, 0.29) is 36.4 Å².